The van der Waals surface area contributed by atoms with Crippen LogP contribution < -0.4 is 32.3 Å². The lowest BCUT2D eigenvalue weighted by molar-refractivity contribution is -0.142. The lowest BCUT2D eigenvalue weighted by Gasteiger charge is -2.19. The standard InChI is InChI=1S/C16H28N6O11/c17-7(3-23)13(29)22-9(5-25)15(31)19-1-11(27)20-8(4-24)14(30)18-2-12(28)21-10(6-26)16(32)33/h7-10,23-26H,1-6,17H2,(H,18,30)(H,19,31)(H,20,27)(H,21,28)(H,22,29)(H,32,33)/t7-,8-,9-,10-/m0/s1. The van der Waals surface area contributed by atoms with E-state index in [9.17, 15) is 39.0 Å². The quantitative estimate of drug-likeness (QED) is 0.104. The topological polar surface area (TPSA) is 290 Å². The molecule has 17 nitrogen and oxygen atoms in total. The summed E-state index contributed by atoms with van der Waals surface area (Å²) in [6.07, 6.45) is 0. The zero-order chi connectivity index (χ0) is 25.6. The van der Waals surface area contributed by atoms with Gasteiger partial charge in [-0.1, -0.05) is 0 Å². The fourth-order valence-corrected chi connectivity index (χ4v) is 2.01. The summed E-state index contributed by atoms with van der Waals surface area (Å²) < 4.78 is 0. The molecule has 0 bridgehead atoms. The van der Waals surface area contributed by atoms with Gasteiger partial charge in [-0.25, -0.2) is 4.79 Å². The van der Waals surface area contributed by atoms with Gasteiger partial charge in [-0.3, -0.25) is 24.0 Å². The maximum atomic E-state index is 12.0. The molecule has 0 saturated heterocycles. The van der Waals surface area contributed by atoms with Crippen LogP contribution in [0.15, 0.2) is 0 Å². The number of amides is 5. The van der Waals surface area contributed by atoms with E-state index in [-0.39, 0.29) is 0 Å². The van der Waals surface area contributed by atoms with Gasteiger partial charge in [0.15, 0.2) is 0 Å². The van der Waals surface area contributed by atoms with Crippen LogP contribution in [-0.4, -0.2) is 125 Å². The van der Waals surface area contributed by atoms with Gasteiger partial charge in [0, 0.05) is 0 Å². The van der Waals surface area contributed by atoms with E-state index in [0.29, 0.717) is 0 Å². The highest BCUT2D eigenvalue weighted by molar-refractivity contribution is 5.94. The van der Waals surface area contributed by atoms with Crippen LogP contribution in [0.1, 0.15) is 0 Å². The predicted molar refractivity (Wildman–Crippen MR) is 106 cm³/mol. The van der Waals surface area contributed by atoms with E-state index in [4.69, 9.17) is 21.1 Å². The van der Waals surface area contributed by atoms with Crippen molar-refractivity contribution in [2.45, 2.75) is 24.2 Å². The second-order valence-electron chi connectivity index (χ2n) is 6.41. The summed E-state index contributed by atoms with van der Waals surface area (Å²) in [5, 5.41) is 54.9. The molecule has 0 aromatic rings. The van der Waals surface area contributed by atoms with Crippen molar-refractivity contribution >= 4 is 35.5 Å². The molecule has 0 unspecified atom stereocenters. The summed E-state index contributed by atoms with van der Waals surface area (Å²) in [6.45, 7) is -4.78. The van der Waals surface area contributed by atoms with Gasteiger partial charge < -0.3 is 57.9 Å². The predicted octanol–water partition coefficient (Wildman–Crippen LogP) is -7.95. The van der Waals surface area contributed by atoms with Gasteiger partial charge in [-0.05, 0) is 0 Å². The number of aliphatic hydroxyl groups excluding tert-OH is 4. The first kappa shape index (κ1) is 29.6. The van der Waals surface area contributed by atoms with Crippen molar-refractivity contribution in [2.24, 2.45) is 5.73 Å². The minimum Gasteiger partial charge on any atom is -0.480 e. The molecule has 0 saturated carbocycles. The second-order valence-corrected chi connectivity index (χ2v) is 6.41. The number of aliphatic hydroxyl groups is 4. The first-order valence-electron chi connectivity index (χ1n) is 9.36. The monoisotopic (exact) mass is 480 g/mol. The van der Waals surface area contributed by atoms with Crippen LogP contribution >= 0.6 is 0 Å². The number of hydrogen-bond donors (Lipinski definition) is 11. The number of carboxylic acids is 1. The molecule has 0 heterocycles. The van der Waals surface area contributed by atoms with E-state index in [1.807, 2.05) is 10.6 Å². The van der Waals surface area contributed by atoms with E-state index < -0.39 is 99.2 Å². The molecule has 0 aromatic heterocycles. The molecule has 0 rings (SSSR count). The fraction of sp³-hybridized carbons (Fsp3) is 0.625. The van der Waals surface area contributed by atoms with Crippen LogP contribution in [-0.2, 0) is 28.8 Å². The molecule has 0 aromatic carbocycles. The van der Waals surface area contributed by atoms with Crippen molar-refractivity contribution in [3.8, 4) is 0 Å². The third-order valence-electron chi connectivity index (χ3n) is 3.85. The molecule has 0 spiro atoms. The number of nitrogens with one attached hydrogen (secondary N) is 5. The lowest BCUT2D eigenvalue weighted by atomic mass is 10.2. The first-order valence-corrected chi connectivity index (χ1v) is 9.36. The van der Waals surface area contributed by atoms with Crippen molar-refractivity contribution < 1.29 is 54.3 Å². The fourth-order valence-electron chi connectivity index (χ4n) is 2.01. The Labute approximate surface area is 186 Å². The Hall–Kier alpha value is -3.38. The Morgan fingerprint density at radius 3 is 1.36 bits per heavy atom. The van der Waals surface area contributed by atoms with Crippen LogP contribution in [0.3, 0.4) is 0 Å². The average molecular weight is 480 g/mol. The van der Waals surface area contributed by atoms with Gasteiger partial charge in [0.2, 0.25) is 29.5 Å². The van der Waals surface area contributed by atoms with E-state index in [0.717, 1.165) is 0 Å². The van der Waals surface area contributed by atoms with Gasteiger partial charge in [0.25, 0.3) is 0 Å². The zero-order valence-electron chi connectivity index (χ0n) is 17.3. The number of carbonyl (C=O) groups is 6. The molecule has 0 aliphatic carbocycles. The van der Waals surface area contributed by atoms with Gasteiger partial charge in [-0.2, -0.15) is 0 Å². The van der Waals surface area contributed by atoms with Crippen LogP contribution in [0.25, 0.3) is 0 Å². The molecule has 188 valence electrons. The van der Waals surface area contributed by atoms with Crippen LogP contribution in [0.2, 0.25) is 0 Å². The van der Waals surface area contributed by atoms with Crippen molar-refractivity contribution in [2.75, 3.05) is 39.5 Å². The Morgan fingerprint density at radius 1 is 0.606 bits per heavy atom. The molecule has 0 aliphatic heterocycles. The summed E-state index contributed by atoms with van der Waals surface area (Å²) in [5.74, 6) is -6.34. The second kappa shape index (κ2) is 15.4. The smallest absolute Gasteiger partial charge is 0.328 e. The Balaban J connectivity index is 4.60. The maximum Gasteiger partial charge on any atom is 0.328 e. The molecule has 0 radical (unpaired) electrons. The first-order chi connectivity index (χ1) is 15.5. The highest BCUT2D eigenvalue weighted by atomic mass is 16.4. The van der Waals surface area contributed by atoms with Crippen LogP contribution in [0, 0.1) is 0 Å². The maximum absolute atomic E-state index is 12.0. The molecule has 0 aliphatic rings. The summed E-state index contributed by atoms with van der Waals surface area (Å²) in [7, 11) is 0. The molecular formula is C16H28N6O11. The van der Waals surface area contributed by atoms with E-state index >= 15 is 0 Å². The minimum atomic E-state index is -1.58. The lowest BCUT2D eigenvalue weighted by Crippen LogP contribution is -2.56. The number of aliphatic carboxylic acids is 1. The van der Waals surface area contributed by atoms with Crippen LogP contribution in [0.4, 0.5) is 0 Å². The largest absolute Gasteiger partial charge is 0.480 e. The number of carboxylic acid groups (broad SMARTS) is 1. The average Bonchev–Trinajstić information content (AvgIpc) is 2.79. The highest BCUT2D eigenvalue weighted by Crippen LogP contribution is 1.88. The molecular weight excluding hydrogens is 452 g/mol. The van der Waals surface area contributed by atoms with Gasteiger partial charge in [0.1, 0.15) is 24.2 Å². The number of hydrogen-bond acceptors (Lipinski definition) is 11. The summed E-state index contributed by atoms with van der Waals surface area (Å²) in [6, 6.07) is -5.93. The summed E-state index contributed by atoms with van der Waals surface area (Å²) in [5.41, 5.74) is 5.26. The Morgan fingerprint density at radius 2 is 1.00 bits per heavy atom. The van der Waals surface area contributed by atoms with Gasteiger partial charge in [0.05, 0.1) is 39.5 Å². The van der Waals surface area contributed by atoms with Crippen molar-refractivity contribution in [3.63, 3.8) is 0 Å². The number of nitrogens with two attached hydrogens (primary N) is 1. The highest BCUT2D eigenvalue weighted by Gasteiger charge is 2.25. The van der Waals surface area contributed by atoms with Gasteiger partial charge >= 0.3 is 5.97 Å². The molecule has 33 heavy (non-hydrogen) atoms. The molecule has 17 heteroatoms. The van der Waals surface area contributed by atoms with Crippen LogP contribution in [0.5, 0.6) is 0 Å². The summed E-state index contributed by atoms with van der Waals surface area (Å²) >= 11 is 0. The molecule has 4 atom stereocenters. The molecule has 0 fully saturated rings. The SMILES string of the molecule is N[C@@H](CO)C(=O)N[C@@H](CO)C(=O)NCC(=O)N[C@@H](CO)C(=O)NCC(=O)N[C@@H](CO)C(=O)O. The van der Waals surface area contributed by atoms with Crippen molar-refractivity contribution in [3.05, 3.63) is 0 Å². The molecule has 5 amide bonds. The minimum absolute atomic E-state index is 0.706. The van der Waals surface area contributed by atoms with E-state index in [1.165, 1.54) is 0 Å². The van der Waals surface area contributed by atoms with Gasteiger partial charge in [-0.15, -0.1) is 0 Å². The summed E-state index contributed by atoms with van der Waals surface area (Å²) in [4.78, 5) is 69.7. The number of carbonyl (C=O) groups excluding carboxylic acids is 5. The van der Waals surface area contributed by atoms with Crippen molar-refractivity contribution in [1.82, 2.24) is 26.6 Å². The molecule has 12 N–H and O–H groups in total. The zero-order valence-corrected chi connectivity index (χ0v) is 17.3. The van der Waals surface area contributed by atoms with Crippen molar-refractivity contribution in [1.29, 1.82) is 0 Å². The van der Waals surface area contributed by atoms with E-state index in [2.05, 4.69) is 16.0 Å². The number of rotatable bonds is 15. The normalized spacial score (nSPS) is 14.1. The third-order valence-corrected chi connectivity index (χ3v) is 3.85. The Bertz CT molecular complexity index is 719. The Kier molecular flexibility index (Phi) is 13.8. The third kappa shape index (κ3) is 11.2. The van der Waals surface area contributed by atoms with E-state index in [1.54, 1.807) is 0 Å².